The molecule has 0 saturated carbocycles. The standard InChI is InChI=1S/C12H25N3O/c1-4-14(3)9-10-15(11(2)16)12-5-7-13-8-6-12/h12-13H,4-10H2,1-3H3. The van der Waals surface area contributed by atoms with E-state index in [1.54, 1.807) is 6.92 Å². The zero-order chi connectivity index (χ0) is 12.0. The number of piperidine rings is 1. The van der Waals surface area contributed by atoms with Crippen molar-refractivity contribution in [2.45, 2.75) is 32.7 Å². The van der Waals surface area contributed by atoms with Crippen LogP contribution in [0.3, 0.4) is 0 Å². The number of rotatable bonds is 5. The second-order valence-corrected chi connectivity index (χ2v) is 4.59. The summed E-state index contributed by atoms with van der Waals surface area (Å²) in [7, 11) is 2.10. The van der Waals surface area contributed by atoms with Gasteiger partial charge in [-0.25, -0.2) is 0 Å². The zero-order valence-electron chi connectivity index (χ0n) is 10.8. The summed E-state index contributed by atoms with van der Waals surface area (Å²) in [4.78, 5) is 15.9. The van der Waals surface area contributed by atoms with Gasteiger partial charge in [-0.1, -0.05) is 6.92 Å². The summed E-state index contributed by atoms with van der Waals surface area (Å²) in [6.45, 7) is 8.79. The molecule has 0 aromatic rings. The molecular weight excluding hydrogens is 202 g/mol. The van der Waals surface area contributed by atoms with Crippen LogP contribution in [0.4, 0.5) is 0 Å². The van der Waals surface area contributed by atoms with Gasteiger partial charge in [0.25, 0.3) is 0 Å². The van der Waals surface area contributed by atoms with Crippen molar-refractivity contribution in [1.82, 2.24) is 15.1 Å². The molecule has 0 aliphatic carbocycles. The molecule has 0 aromatic carbocycles. The molecule has 0 atom stereocenters. The maximum atomic E-state index is 11.6. The van der Waals surface area contributed by atoms with E-state index in [0.29, 0.717) is 6.04 Å². The highest BCUT2D eigenvalue weighted by atomic mass is 16.2. The van der Waals surface area contributed by atoms with Gasteiger partial charge < -0.3 is 15.1 Å². The number of carbonyl (C=O) groups is 1. The number of carbonyl (C=O) groups excluding carboxylic acids is 1. The van der Waals surface area contributed by atoms with E-state index in [1.165, 1.54) is 0 Å². The van der Waals surface area contributed by atoms with Gasteiger partial charge in [-0.05, 0) is 39.5 Å². The Kier molecular flexibility index (Phi) is 5.77. The molecule has 1 N–H and O–H groups in total. The third-order valence-corrected chi connectivity index (χ3v) is 3.42. The van der Waals surface area contributed by atoms with Crippen LogP contribution < -0.4 is 5.32 Å². The monoisotopic (exact) mass is 227 g/mol. The number of nitrogens with one attached hydrogen (secondary N) is 1. The van der Waals surface area contributed by atoms with Crippen LogP contribution in [0, 0.1) is 0 Å². The Morgan fingerprint density at radius 2 is 1.94 bits per heavy atom. The Hall–Kier alpha value is -0.610. The van der Waals surface area contributed by atoms with E-state index in [2.05, 4.69) is 24.2 Å². The van der Waals surface area contributed by atoms with Gasteiger partial charge in [0.2, 0.25) is 5.91 Å². The summed E-state index contributed by atoms with van der Waals surface area (Å²) in [6, 6.07) is 0.448. The number of nitrogens with zero attached hydrogens (tertiary/aromatic N) is 2. The van der Waals surface area contributed by atoms with Crippen LogP contribution >= 0.6 is 0 Å². The number of hydrogen-bond acceptors (Lipinski definition) is 3. The average Bonchev–Trinajstić information content (AvgIpc) is 2.30. The largest absolute Gasteiger partial charge is 0.339 e. The van der Waals surface area contributed by atoms with Crippen molar-refractivity contribution < 1.29 is 4.79 Å². The Balaban J connectivity index is 2.43. The number of amides is 1. The van der Waals surface area contributed by atoms with E-state index in [-0.39, 0.29) is 5.91 Å². The highest BCUT2D eigenvalue weighted by Crippen LogP contribution is 2.11. The quantitative estimate of drug-likeness (QED) is 0.744. The second-order valence-electron chi connectivity index (χ2n) is 4.59. The summed E-state index contributed by atoms with van der Waals surface area (Å²) in [5, 5.41) is 3.34. The van der Waals surface area contributed by atoms with Gasteiger partial charge >= 0.3 is 0 Å². The van der Waals surface area contributed by atoms with Gasteiger partial charge in [0.1, 0.15) is 0 Å². The Morgan fingerprint density at radius 3 is 2.44 bits per heavy atom. The predicted molar refractivity (Wildman–Crippen MR) is 66.4 cm³/mol. The molecule has 0 radical (unpaired) electrons. The molecule has 0 aromatic heterocycles. The van der Waals surface area contributed by atoms with Crippen molar-refractivity contribution in [2.24, 2.45) is 0 Å². The van der Waals surface area contributed by atoms with Crippen molar-refractivity contribution in [3.05, 3.63) is 0 Å². The molecule has 4 heteroatoms. The first-order chi connectivity index (χ1) is 7.65. The van der Waals surface area contributed by atoms with Crippen LogP contribution in [0.5, 0.6) is 0 Å². The minimum atomic E-state index is 0.219. The van der Waals surface area contributed by atoms with E-state index >= 15 is 0 Å². The minimum absolute atomic E-state index is 0.219. The summed E-state index contributed by atoms with van der Waals surface area (Å²) in [5.41, 5.74) is 0. The molecule has 1 amide bonds. The Labute approximate surface area is 99.0 Å². The first-order valence-electron chi connectivity index (χ1n) is 6.31. The second kappa shape index (κ2) is 6.86. The van der Waals surface area contributed by atoms with Gasteiger partial charge in [-0.2, -0.15) is 0 Å². The summed E-state index contributed by atoms with van der Waals surface area (Å²) < 4.78 is 0. The number of likely N-dealkylation sites (N-methyl/N-ethyl adjacent to an activating group) is 1. The number of hydrogen-bond donors (Lipinski definition) is 1. The smallest absolute Gasteiger partial charge is 0.219 e. The van der Waals surface area contributed by atoms with Gasteiger partial charge in [-0.3, -0.25) is 4.79 Å². The molecule has 1 aliphatic rings. The van der Waals surface area contributed by atoms with Crippen molar-refractivity contribution in [3.8, 4) is 0 Å². The third kappa shape index (κ3) is 4.10. The summed E-state index contributed by atoms with van der Waals surface area (Å²) in [6.07, 6.45) is 2.19. The molecule has 0 unspecified atom stereocenters. The maximum absolute atomic E-state index is 11.6. The Bertz CT molecular complexity index is 214. The molecular formula is C12H25N3O. The molecule has 94 valence electrons. The van der Waals surface area contributed by atoms with Crippen LogP contribution in [0.25, 0.3) is 0 Å². The van der Waals surface area contributed by atoms with E-state index in [0.717, 1.165) is 45.6 Å². The van der Waals surface area contributed by atoms with Crippen LogP contribution in [0.2, 0.25) is 0 Å². The molecule has 1 rings (SSSR count). The van der Waals surface area contributed by atoms with Crippen LogP contribution in [-0.2, 0) is 4.79 Å². The SMILES string of the molecule is CCN(C)CCN(C(C)=O)C1CCNCC1. The fourth-order valence-corrected chi connectivity index (χ4v) is 2.15. The lowest BCUT2D eigenvalue weighted by molar-refractivity contribution is -0.131. The molecule has 16 heavy (non-hydrogen) atoms. The van der Waals surface area contributed by atoms with Crippen LogP contribution in [-0.4, -0.2) is 61.5 Å². The fourth-order valence-electron chi connectivity index (χ4n) is 2.15. The highest BCUT2D eigenvalue weighted by molar-refractivity contribution is 5.73. The summed E-state index contributed by atoms with van der Waals surface area (Å²) >= 11 is 0. The van der Waals surface area contributed by atoms with Gasteiger partial charge in [-0.15, -0.1) is 0 Å². The van der Waals surface area contributed by atoms with E-state index in [1.807, 2.05) is 4.90 Å². The van der Waals surface area contributed by atoms with Gasteiger partial charge in [0, 0.05) is 26.1 Å². The van der Waals surface area contributed by atoms with Gasteiger partial charge in [0.05, 0.1) is 0 Å². The van der Waals surface area contributed by atoms with Crippen LogP contribution in [0.15, 0.2) is 0 Å². The average molecular weight is 227 g/mol. The van der Waals surface area contributed by atoms with Crippen molar-refractivity contribution in [3.63, 3.8) is 0 Å². The molecule has 1 heterocycles. The topological polar surface area (TPSA) is 35.6 Å². The molecule has 4 nitrogen and oxygen atoms in total. The van der Waals surface area contributed by atoms with E-state index in [4.69, 9.17) is 0 Å². The lowest BCUT2D eigenvalue weighted by atomic mass is 10.0. The molecule has 1 saturated heterocycles. The van der Waals surface area contributed by atoms with Gasteiger partial charge in [0.15, 0.2) is 0 Å². The van der Waals surface area contributed by atoms with E-state index in [9.17, 15) is 4.79 Å². The zero-order valence-corrected chi connectivity index (χ0v) is 10.8. The van der Waals surface area contributed by atoms with Crippen molar-refractivity contribution in [1.29, 1.82) is 0 Å². The molecule has 1 fully saturated rings. The van der Waals surface area contributed by atoms with E-state index < -0.39 is 0 Å². The van der Waals surface area contributed by atoms with Crippen molar-refractivity contribution in [2.75, 3.05) is 39.8 Å². The fraction of sp³-hybridized carbons (Fsp3) is 0.917. The van der Waals surface area contributed by atoms with Crippen molar-refractivity contribution >= 4 is 5.91 Å². The molecule has 0 bridgehead atoms. The summed E-state index contributed by atoms with van der Waals surface area (Å²) in [5.74, 6) is 0.219. The predicted octanol–water partition coefficient (Wildman–Crippen LogP) is 0.539. The first kappa shape index (κ1) is 13.5. The Morgan fingerprint density at radius 1 is 1.31 bits per heavy atom. The highest BCUT2D eigenvalue weighted by Gasteiger charge is 2.22. The normalized spacial score (nSPS) is 17.8. The minimum Gasteiger partial charge on any atom is -0.339 e. The molecule has 0 spiro atoms. The maximum Gasteiger partial charge on any atom is 0.219 e. The lowest BCUT2D eigenvalue weighted by Gasteiger charge is -2.35. The molecule has 1 aliphatic heterocycles. The lowest BCUT2D eigenvalue weighted by Crippen LogP contribution is -2.47. The first-order valence-corrected chi connectivity index (χ1v) is 6.31. The van der Waals surface area contributed by atoms with Crippen LogP contribution in [0.1, 0.15) is 26.7 Å². The third-order valence-electron chi connectivity index (χ3n) is 3.42.